The quantitative estimate of drug-likeness (QED) is 0.308. The van der Waals surface area contributed by atoms with Crippen LogP contribution in [0, 0.1) is 11.2 Å². The molecule has 2 saturated heterocycles. The number of halogens is 1. The second kappa shape index (κ2) is 14.7. The van der Waals surface area contributed by atoms with Crippen molar-refractivity contribution < 1.29 is 18.7 Å². The molecule has 270 valence electrons. The Balaban J connectivity index is 1.34. The first kappa shape index (κ1) is 35.8. The second-order valence-electron chi connectivity index (χ2n) is 14.5. The predicted octanol–water partition coefficient (Wildman–Crippen LogP) is 5.44. The van der Waals surface area contributed by atoms with Gasteiger partial charge in [0.05, 0.1) is 17.6 Å². The topological polar surface area (TPSA) is 103 Å². The molecule has 51 heavy (non-hydrogen) atoms. The summed E-state index contributed by atoms with van der Waals surface area (Å²) in [4.78, 5) is 52.5. The van der Waals surface area contributed by atoms with Gasteiger partial charge in [0.1, 0.15) is 29.6 Å². The Bertz CT molecular complexity index is 1910. The largest absolute Gasteiger partial charge is 0.461 e. The fourth-order valence-electron chi connectivity index (χ4n) is 7.22. The van der Waals surface area contributed by atoms with Crippen molar-refractivity contribution in [3.63, 3.8) is 0 Å². The van der Waals surface area contributed by atoms with Crippen LogP contribution >= 0.6 is 0 Å². The number of fused-ring (bicyclic) bond motifs is 1. The van der Waals surface area contributed by atoms with Gasteiger partial charge in [0, 0.05) is 77.1 Å². The Kier molecular flexibility index (Phi) is 10.3. The number of nitrogens with one attached hydrogen (secondary N) is 1. The Morgan fingerprint density at radius 3 is 2.47 bits per heavy atom. The molecule has 11 nitrogen and oxygen atoms in total. The number of carbonyl (C=O) groups is 2. The molecule has 0 spiro atoms. The molecule has 2 aromatic heterocycles. The van der Waals surface area contributed by atoms with Gasteiger partial charge in [0.25, 0.3) is 11.5 Å². The lowest BCUT2D eigenvalue weighted by Crippen LogP contribution is -2.50. The van der Waals surface area contributed by atoms with Gasteiger partial charge in [-0.1, -0.05) is 32.9 Å². The lowest BCUT2D eigenvalue weighted by molar-refractivity contribution is -0.142. The van der Waals surface area contributed by atoms with Gasteiger partial charge in [-0.2, -0.15) is 0 Å². The van der Waals surface area contributed by atoms with Gasteiger partial charge in [-0.25, -0.2) is 9.37 Å². The number of benzene rings is 1. The number of carbonyl (C=O) groups excluding carboxylic acids is 2. The van der Waals surface area contributed by atoms with Crippen molar-refractivity contribution in [2.24, 2.45) is 12.5 Å². The summed E-state index contributed by atoms with van der Waals surface area (Å²) in [5, 5.41) is 3.15. The van der Waals surface area contributed by atoms with E-state index in [-0.39, 0.29) is 29.2 Å². The third kappa shape index (κ3) is 8.01. The zero-order chi connectivity index (χ0) is 36.4. The van der Waals surface area contributed by atoms with Crippen LogP contribution in [0.5, 0.6) is 0 Å². The molecule has 1 amide bonds. The number of ether oxygens (including phenoxy) is 1. The van der Waals surface area contributed by atoms with Crippen LogP contribution in [0.2, 0.25) is 0 Å². The maximum absolute atomic E-state index is 15.6. The highest BCUT2D eigenvalue weighted by molar-refractivity contribution is 6.07. The highest BCUT2D eigenvalue weighted by atomic mass is 19.1. The first-order valence-corrected chi connectivity index (χ1v) is 17.7. The molecule has 6 rings (SSSR count). The van der Waals surface area contributed by atoms with Crippen LogP contribution in [0.3, 0.4) is 0 Å². The number of rotatable bonds is 8. The van der Waals surface area contributed by atoms with E-state index in [0.29, 0.717) is 47.0 Å². The van der Waals surface area contributed by atoms with Gasteiger partial charge in [-0.05, 0) is 66.8 Å². The average molecular weight is 698 g/mol. The number of hydrogen-bond acceptors (Lipinski definition) is 9. The Hall–Kier alpha value is -4.97. The van der Waals surface area contributed by atoms with Crippen LogP contribution in [0.4, 0.5) is 27.3 Å². The number of anilines is 4. The molecule has 1 N–H and O–H groups in total. The highest BCUT2D eigenvalue weighted by Gasteiger charge is 2.35. The van der Waals surface area contributed by atoms with Crippen LogP contribution in [0.25, 0.3) is 11.1 Å². The molecule has 0 radical (unpaired) electrons. The van der Waals surface area contributed by atoms with E-state index in [9.17, 15) is 14.4 Å². The molecule has 3 aliphatic rings. The van der Waals surface area contributed by atoms with E-state index in [1.807, 2.05) is 18.2 Å². The number of esters is 1. The number of amides is 1. The number of aromatic nitrogens is 2. The van der Waals surface area contributed by atoms with E-state index in [1.54, 1.807) is 30.4 Å². The van der Waals surface area contributed by atoms with E-state index in [1.165, 1.54) is 23.6 Å². The smallest absolute Gasteiger partial charge is 0.302 e. The van der Waals surface area contributed by atoms with Gasteiger partial charge in [0.2, 0.25) is 0 Å². The zero-order valence-corrected chi connectivity index (χ0v) is 30.3. The minimum Gasteiger partial charge on any atom is -0.461 e. The number of hydrogen-bond donors (Lipinski definition) is 1. The summed E-state index contributed by atoms with van der Waals surface area (Å²) in [5.41, 5.74) is 4.04. The molecular formula is C39H48FN7O4. The minimum atomic E-state index is -0.569. The average Bonchev–Trinajstić information content (AvgIpc) is 3.09. The standard InChI is InChI=1S/C39H48FN7O4/c1-7-44-12-14-45(15-13-44)30-8-9-36(41-23-30)42-33-19-28(24-43(6)37(33)49)31-20-29(40)21-34(32(31)25-51-27(3)48)47-17-16-46-11-10-39(4,5)22-26(2)18-35(46)38(47)50/h8-9,18-21,23-24H,2,7,10-17,22,25H2,1,3-6H3,(H,41,42)/b35-18-. The SMILES string of the molecule is C=C1/C=C2/C(=O)N(c3cc(F)cc(-c4cc(Nc5ccc(N6CCN(CC)CC6)cn5)c(=O)n(C)c4)c3COC(C)=O)CCN2CCC(C)(C)C1. The maximum atomic E-state index is 15.6. The number of aryl methyl sites for hydroxylation is 1. The molecule has 2 fully saturated rings. The summed E-state index contributed by atoms with van der Waals surface area (Å²) < 4.78 is 22.6. The van der Waals surface area contributed by atoms with E-state index >= 15 is 4.39 Å². The third-order valence-corrected chi connectivity index (χ3v) is 10.1. The lowest BCUT2D eigenvalue weighted by atomic mass is 9.81. The molecule has 3 aromatic rings. The lowest BCUT2D eigenvalue weighted by Gasteiger charge is -2.41. The number of nitrogens with zero attached hydrogens (tertiary/aromatic N) is 6. The van der Waals surface area contributed by atoms with Crippen molar-refractivity contribution in [3.05, 3.63) is 88.4 Å². The van der Waals surface area contributed by atoms with Crippen LogP contribution in [0.1, 0.15) is 46.1 Å². The minimum absolute atomic E-state index is 0.0568. The molecule has 0 bridgehead atoms. The Labute approximate surface area is 299 Å². The first-order chi connectivity index (χ1) is 24.3. The number of likely N-dealkylation sites (N-methyl/N-ethyl adjacent to an activating group) is 1. The Morgan fingerprint density at radius 2 is 1.78 bits per heavy atom. The second-order valence-corrected chi connectivity index (χ2v) is 14.5. The molecule has 5 heterocycles. The molecule has 1 aromatic carbocycles. The summed E-state index contributed by atoms with van der Waals surface area (Å²) in [5.74, 6) is -0.868. The number of piperazine rings is 2. The van der Waals surface area contributed by atoms with E-state index in [2.05, 4.69) is 52.4 Å². The van der Waals surface area contributed by atoms with Crippen molar-refractivity contribution in [2.75, 3.05) is 67.5 Å². The number of allylic oxidation sites excluding steroid dienone is 2. The molecular weight excluding hydrogens is 649 g/mol. The summed E-state index contributed by atoms with van der Waals surface area (Å²) in [6.07, 6.45) is 6.92. The molecule has 0 unspecified atom stereocenters. The van der Waals surface area contributed by atoms with Crippen molar-refractivity contribution in [2.45, 2.75) is 47.1 Å². The zero-order valence-electron chi connectivity index (χ0n) is 30.3. The van der Waals surface area contributed by atoms with Crippen molar-refractivity contribution in [1.29, 1.82) is 0 Å². The Morgan fingerprint density at radius 1 is 1.04 bits per heavy atom. The number of pyridine rings is 2. The van der Waals surface area contributed by atoms with Crippen LogP contribution in [-0.2, 0) is 28.0 Å². The van der Waals surface area contributed by atoms with E-state index in [4.69, 9.17) is 4.74 Å². The fraction of sp³-hybridized carbons (Fsp3) is 0.436. The molecule has 12 heteroatoms. The summed E-state index contributed by atoms with van der Waals surface area (Å²) in [6, 6.07) is 8.12. The van der Waals surface area contributed by atoms with Gasteiger partial charge >= 0.3 is 5.97 Å². The third-order valence-electron chi connectivity index (χ3n) is 10.1. The van der Waals surface area contributed by atoms with Crippen molar-refractivity contribution in [1.82, 2.24) is 19.4 Å². The fourth-order valence-corrected chi connectivity index (χ4v) is 7.22. The monoisotopic (exact) mass is 697 g/mol. The van der Waals surface area contributed by atoms with Gasteiger partial charge < -0.3 is 34.2 Å². The first-order valence-electron chi connectivity index (χ1n) is 17.7. The van der Waals surface area contributed by atoms with Gasteiger partial charge in [0.15, 0.2) is 0 Å². The van der Waals surface area contributed by atoms with Crippen LogP contribution < -0.4 is 20.7 Å². The summed E-state index contributed by atoms with van der Waals surface area (Å²) >= 11 is 0. The highest BCUT2D eigenvalue weighted by Crippen LogP contribution is 2.38. The summed E-state index contributed by atoms with van der Waals surface area (Å²) in [6.45, 7) is 18.4. The maximum Gasteiger partial charge on any atom is 0.302 e. The molecule has 0 saturated carbocycles. The van der Waals surface area contributed by atoms with Crippen molar-refractivity contribution in [3.8, 4) is 11.1 Å². The van der Waals surface area contributed by atoms with Crippen LogP contribution in [-0.4, -0.2) is 83.6 Å². The van der Waals surface area contributed by atoms with E-state index in [0.717, 1.165) is 63.4 Å². The van der Waals surface area contributed by atoms with Crippen LogP contribution in [0.15, 0.2) is 71.4 Å². The van der Waals surface area contributed by atoms with Gasteiger partial charge in [-0.15, -0.1) is 0 Å². The van der Waals surface area contributed by atoms with E-state index < -0.39 is 11.8 Å². The predicted molar refractivity (Wildman–Crippen MR) is 199 cm³/mol. The van der Waals surface area contributed by atoms with Gasteiger partial charge in [-0.3, -0.25) is 14.4 Å². The molecule has 3 aliphatic heterocycles. The van der Waals surface area contributed by atoms with Crippen molar-refractivity contribution >= 4 is 34.8 Å². The summed E-state index contributed by atoms with van der Waals surface area (Å²) in [7, 11) is 1.62. The molecule has 0 atom stereocenters. The molecule has 0 aliphatic carbocycles. The normalized spacial score (nSPS) is 19.2.